The highest BCUT2D eigenvalue weighted by Gasteiger charge is 1.98. The maximum Gasteiger partial charge on any atom is 0.341 e. The summed E-state index contributed by atoms with van der Waals surface area (Å²) in [5.74, 6) is -0.603. The Morgan fingerprint density at radius 2 is 2.06 bits per heavy atom. The molecular formula is C10H11N3O4. The number of primary amides is 1. The van der Waals surface area contributed by atoms with Gasteiger partial charge in [-0.2, -0.15) is 5.10 Å². The number of nitrogens with one attached hydrogen (secondary N) is 1. The Bertz CT molecular complexity index is 428. The van der Waals surface area contributed by atoms with Gasteiger partial charge in [-0.15, -0.1) is 0 Å². The third-order valence-electron chi connectivity index (χ3n) is 1.63. The second kappa shape index (κ2) is 6.11. The molecule has 1 aromatic carbocycles. The van der Waals surface area contributed by atoms with Crippen LogP contribution in [0.4, 0.5) is 4.79 Å². The molecule has 0 aliphatic rings. The lowest BCUT2D eigenvalue weighted by Crippen LogP contribution is -2.24. The smallest absolute Gasteiger partial charge is 0.341 e. The fourth-order valence-corrected chi connectivity index (χ4v) is 0.966. The summed E-state index contributed by atoms with van der Waals surface area (Å²) in [5.41, 5.74) is 7.57. The number of carbonyl (C=O) groups is 2. The summed E-state index contributed by atoms with van der Waals surface area (Å²) in [6.07, 6.45) is 1.39. The third-order valence-corrected chi connectivity index (χ3v) is 1.63. The van der Waals surface area contributed by atoms with E-state index in [9.17, 15) is 9.59 Å². The lowest BCUT2D eigenvalue weighted by Gasteiger charge is -2.02. The van der Waals surface area contributed by atoms with E-state index in [0.29, 0.717) is 11.3 Å². The van der Waals surface area contributed by atoms with Gasteiger partial charge in [-0.3, -0.25) is 0 Å². The minimum atomic E-state index is -1.04. The number of ether oxygens (including phenoxy) is 1. The van der Waals surface area contributed by atoms with Crippen LogP contribution >= 0.6 is 0 Å². The van der Waals surface area contributed by atoms with E-state index in [1.807, 2.05) is 5.43 Å². The number of hydrazone groups is 1. The van der Waals surface area contributed by atoms with Crippen LogP contribution in [0.25, 0.3) is 0 Å². The van der Waals surface area contributed by atoms with Crippen molar-refractivity contribution in [2.24, 2.45) is 10.8 Å². The maximum atomic E-state index is 10.3. The summed E-state index contributed by atoms with van der Waals surface area (Å²) in [6.45, 7) is -0.392. The van der Waals surface area contributed by atoms with Gasteiger partial charge >= 0.3 is 12.0 Å². The Labute approximate surface area is 96.9 Å². The van der Waals surface area contributed by atoms with Crippen LogP contribution in [0.3, 0.4) is 0 Å². The van der Waals surface area contributed by atoms with Crippen molar-refractivity contribution in [2.45, 2.75) is 0 Å². The molecule has 0 saturated heterocycles. The van der Waals surface area contributed by atoms with Gasteiger partial charge in [0.2, 0.25) is 0 Å². The molecule has 0 heterocycles. The lowest BCUT2D eigenvalue weighted by molar-refractivity contribution is -0.139. The number of hydrogen-bond acceptors (Lipinski definition) is 4. The van der Waals surface area contributed by atoms with Gasteiger partial charge in [0, 0.05) is 0 Å². The van der Waals surface area contributed by atoms with Gasteiger partial charge < -0.3 is 15.6 Å². The Morgan fingerprint density at radius 3 is 2.59 bits per heavy atom. The molecule has 1 rings (SSSR count). The second-order valence-electron chi connectivity index (χ2n) is 2.99. The van der Waals surface area contributed by atoms with Crippen molar-refractivity contribution in [3.63, 3.8) is 0 Å². The van der Waals surface area contributed by atoms with Crippen LogP contribution in [0.5, 0.6) is 5.75 Å². The fourth-order valence-electron chi connectivity index (χ4n) is 0.966. The molecular weight excluding hydrogens is 226 g/mol. The molecule has 0 bridgehead atoms. The van der Waals surface area contributed by atoms with Gasteiger partial charge in [0.1, 0.15) is 5.75 Å². The number of benzene rings is 1. The summed E-state index contributed by atoms with van der Waals surface area (Å²) < 4.78 is 4.93. The van der Waals surface area contributed by atoms with Crippen LogP contribution in [0.2, 0.25) is 0 Å². The molecule has 7 nitrogen and oxygen atoms in total. The standard InChI is InChI=1S/C10H11N3O4/c11-10(16)13-12-5-7-1-3-8(4-2-7)17-6-9(14)15/h1-5H,6H2,(H,14,15)(H3,11,13,16). The first-order valence-corrected chi connectivity index (χ1v) is 4.61. The van der Waals surface area contributed by atoms with Crippen LogP contribution in [0.1, 0.15) is 5.56 Å². The number of nitrogens with two attached hydrogens (primary N) is 1. The van der Waals surface area contributed by atoms with Crippen molar-refractivity contribution in [3.05, 3.63) is 29.8 Å². The molecule has 0 spiro atoms. The molecule has 0 aromatic heterocycles. The normalized spacial score (nSPS) is 10.1. The lowest BCUT2D eigenvalue weighted by atomic mass is 10.2. The van der Waals surface area contributed by atoms with E-state index in [1.54, 1.807) is 24.3 Å². The summed E-state index contributed by atoms with van der Waals surface area (Å²) in [6, 6.07) is 5.75. The van der Waals surface area contributed by atoms with Crippen LogP contribution in [-0.4, -0.2) is 29.9 Å². The van der Waals surface area contributed by atoms with Crippen molar-refractivity contribution in [2.75, 3.05) is 6.61 Å². The fraction of sp³-hybridized carbons (Fsp3) is 0.100. The highest BCUT2D eigenvalue weighted by atomic mass is 16.5. The third kappa shape index (κ3) is 5.17. The molecule has 7 heteroatoms. The minimum absolute atomic E-state index is 0.392. The number of carboxylic acids is 1. The Hall–Kier alpha value is -2.57. The van der Waals surface area contributed by atoms with Gasteiger partial charge in [-0.1, -0.05) is 0 Å². The van der Waals surface area contributed by atoms with E-state index >= 15 is 0 Å². The van der Waals surface area contributed by atoms with Gasteiger partial charge in [-0.05, 0) is 29.8 Å². The van der Waals surface area contributed by atoms with E-state index in [4.69, 9.17) is 15.6 Å². The Balaban J connectivity index is 2.52. The predicted molar refractivity (Wildman–Crippen MR) is 59.9 cm³/mol. The predicted octanol–water partition coefficient (Wildman–Crippen LogP) is 0.152. The van der Waals surface area contributed by atoms with Gasteiger partial charge in [0.15, 0.2) is 6.61 Å². The number of carbonyl (C=O) groups excluding carboxylic acids is 1. The van der Waals surface area contributed by atoms with Crippen molar-refractivity contribution in [1.82, 2.24) is 5.43 Å². The van der Waals surface area contributed by atoms with Crippen LogP contribution < -0.4 is 15.9 Å². The maximum absolute atomic E-state index is 10.3. The molecule has 2 amide bonds. The van der Waals surface area contributed by atoms with Crippen molar-refractivity contribution in [3.8, 4) is 5.75 Å². The van der Waals surface area contributed by atoms with E-state index in [2.05, 4.69) is 5.10 Å². The Kier molecular flexibility index (Phi) is 4.49. The Morgan fingerprint density at radius 1 is 1.41 bits per heavy atom. The van der Waals surface area contributed by atoms with Crippen molar-refractivity contribution in [1.29, 1.82) is 0 Å². The van der Waals surface area contributed by atoms with E-state index in [1.165, 1.54) is 6.21 Å². The molecule has 90 valence electrons. The van der Waals surface area contributed by atoms with Crippen LogP contribution in [-0.2, 0) is 4.79 Å². The van der Waals surface area contributed by atoms with Crippen molar-refractivity contribution >= 4 is 18.2 Å². The molecule has 4 N–H and O–H groups in total. The van der Waals surface area contributed by atoms with Gasteiger partial charge in [0.05, 0.1) is 6.21 Å². The monoisotopic (exact) mass is 237 g/mol. The van der Waals surface area contributed by atoms with Gasteiger partial charge in [0.25, 0.3) is 0 Å². The highest BCUT2D eigenvalue weighted by molar-refractivity contribution is 5.81. The topological polar surface area (TPSA) is 114 Å². The molecule has 0 radical (unpaired) electrons. The summed E-state index contributed by atoms with van der Waals surface area (Å²) in [7, 11) is 0. The minimum Gasteiger partial charge on any atom is -0.482 e. The molecule has 0 aliphatic carbocycles. The number of carboxylic acid groups (broad SMARTS) is 1. The zero-order valence-electron chi connectivity index (χ0n) is 8.79. The van der Waals surface area contributed by atoms with Crippen LogP contribution in [0, 0.1) is 0 Å². The summed E-state index contributed by atoms with van der Waals surface area (Å²) in [5, 5.41) is 12.0. The summed E-state index contributed by atoms with van der Waals surface area (Å²) >= 11 is 0. The zero-order chi connectivity index (χ0) is 12.7. The average Bonchev–Trinajstić information content (AvgIpc) is 2.27. The number of rotatable bonds is 5. The number of hydrogen-bond donors (Lipinski definition) is 3. The van der Waals surface area contributed by atoms with E-state index < -0.39 is 18.6 Å². The molecule has 17 heavy (non-hydrogen) atoms. The average molecular weight is 237 g/mol. The first-order valence-electron chi connectivity index (χ1n) is 4.61. The van der Waals surface area contributed by atoms with Crippen LogP contribution in [0.15, 0.2) is 29.4 Å². The number of amides is 2. The molecule has 0 saturated carbocycles. The van der Waals surface area contributed by atoms with E-state index in [0.717, 1.165) is 0 Å². The largest absolute Gasteiger partial charge is 0.482 e. The van der Waals surface area contributed by atoms with E-state index in [-0.39, 0.29) is 0 Å². The number of aliphatic carboxylic acids is 1. The SMILES string of the molecule is NC(=O)NN=Cc1ccc(OCC(=O)O)cc1. The first-order chi connectivity index (χ1) is 8.08. The highest BCUT2D eigenvalue weighted by Crippen LogP contribution is 2.10. The van der Waals surface area contributed by atoms with Crippen molar-refractivity contribution < 1.29 is 19.4 Å². The van der Waals surface area contributed by atoms with Gasteiger partial charge in [-0.25, -0.2) is 15.0 Å². The molecule has 0 aliphatic heterocycles. The first kappa shape index (κ1) is 12.5. The zero-order valence-corrected chi connectivity index (χ0v) is 8.79. The summed E-state index contributed by atoms with van der Waals surface area (Å²) in [4.78, 5) is 20.6. The molecule has 1 aromatic rings. The number of urea groups is 1. The molecule has 0 atom stereocenters. The molecule has 0 unspecified atom stereocenters. The molecule has 0 fully saturated rings. The quantitative estimate of drug-likeness (QED) is 0.499. The second-order valence-corrected chi connectivity index (χ2v) is 2.99. The number of nitrogens with zero attached hydrogens (tertiary/aromatic N) is 1.